The maximum absolute atomic E-state index is 2.21. The highest BCUT2D eigenvalue weighted by atomic mass is 14.1. The maximum Gasteiger partial charge on any atom is -0.00389 e. The zero-order chi connectivity index (χ0) is 17.6. The molecule has 0 spiro atoms. The van der Waals surface area contributed by atoms with E-state index in [0.29, 0.717) is 0 Å². The summed E-state index contributed by atoms with van der Waals surface area (Å²) >= 11 is 0. The summed E-state index contributed by atoms with van der Waals surface area (Å²) < 4.78 is 0. The number of rotatable bonds is 4. The average molecular weight is 332 g/mol. The summed E-state index contributed by atoms with van der Waals surface area (Å²) in [6, 6.07) is 33.8. The molecule has 0 atom stereocenters. The molecule has 4 aromatic rings. The molecule has 4 aromatic carbocycles. The van der Waals surface area contributed by atoms with Crippen molar-refractivity contribution in [1.82, 2.24) is 0 Å². The first-order chi connectivity index (χ1) is 12.9. The lowest BCUT2D eigenvalue weighted by Crippen LogP contribution is -1.83. The lowest BCUT2D eigenvalue weighted by atomic mass is 9.97. The van der Waals surface area contributed by atoms with Crippen LogP contribution in [0.2, 0.25) is 0 Å². The summed E-state index contributed by atoms with van der Waals surface area (Å²) in [6.07, 6.45) is 8.76. The van der Waals surface area contributed by atoms with Crippen molar-refractivity contribution in [2.75, 3.05) is 0 Å². The third kappa shape index (κ3) is 3.65. The Morgan fingerprint density at radius 2 is 0.846 bits per heavy atom. The van der Waals surface area contributed by atoms with Crippen molar-refractivity contribution in [1.29, 1.82) is 0 Å². The molecule has 0 heterocycles. The molecule has 0 nitrogen and oxygen atoms in total. The minimum atomic E-state index is 1.21. The summed E-state index contributed by atoms with van der Waals surface area (Å²) in [6.45, 7) is 0. The van der Waals surface area contributed by atoms with Crippen LogP contribution in [0.5, 0.6) is 0 Å². The van der Waals surface area contributed by atoms with Gasteiger partial charge < -0.3 is 0 Å². The maximum atomic E-state index is 2.21. The lowest BCUT2D eigenvalue weighted by Gasteiger charge is -2.07. The van der Waals surface area contributed by atoms with Gasteiger partial charge in [0.15, 0.2) is 0 Å². The molecule has 0 heteroatoms. The van der Waals surface area contributed by atoms with E-state index in [2.05, 4.69) is 109 Å². The monoisotopic (exact) mass is 332 g/mol. The molecule has 0 fully saturated rings. The molecule has 4 rings (SSSR count). The van der Waals surface area contributed by atoms with Crippen LogP contribution in [0.25, 0.3) is 35.1 Å². The zero-order valence-electron chi connectivity index (χ0n) is 14.5. The molecule has 0 saturated carbocycles. The molecule has 0 saturated heterocycles. The van der Waals surface area contributed by atoms with E-state index in [1.54, 1.807) is 0 Å². The van der Waals surface area contributed by atoms with Gasteiger partial charge in [0, 0.05) is 0 Å². The molecule has 0 radical (unpaired) electrons. The van der Waals surface area contributed by atoms with Gasteiger partial charge in [-0.15, -0.1) is 0 Å². The first kappa shape index (κ1) is 16.1. The summed E-state index contributed by atoms with van der Waals surface area (Å²) in [5.41, 5.74) is 4.89. The van der Waals surface area contributed by atoms with Crippen LogP contribution in [0.3, 0.4) is 0 Å². The van der Waals surface area contributed by atoms with Crippen LogP contribution in [0.15, 0.2) is 97.1 Å². The quantitative estimate of drug-likeness (QED) is 0.347. The van der Waals surface area contributed by atoms with Gasteiger partial charge in [-0.3, -0.25) is 0 Å². The standard InChI is InChI=1S/C26H20/c1-3-9-21(10-4-1)17-19-24-15-7-13-23-14-8-16-25(26(23)24)20-18-22-11-5-2-6-12-22/h1-20H. The van der Waals surface area contributed by atoms with Crippen LogP contribution in [-0.4, -0.2) is 0 Å². The zero-order valence-corrected chi connectivity index (χ0v) is 14.5. The van der Waals surface area contributed by atoms with E-state index in [-0.39, 0.29) is 0 Å². The second-order valence-corrected chi connectivity index (χ2v) is 6.28. The fourth-order valence-electron chi connectivity index (χ4n) is 3.18. The van der Waals surface area contributed by atoms with Crippen molar-refractivity contribution in [3.8, 4) is 0 Å². The Labute approximate surface area is 154 Å². The molecule has 0 bridgehead atoms. The minimum Gasteiger partial charge on any atom is -0.0622 e. The largest absolute Gasteiger partial charge is 0.0622 e. The Morgan fingerprint density at radius 1 is 0.385 bits per heavy atom. The molecule has 0 aliphatic heterocycles. The Balaban J connectivity index is 1.77. The van der Waals surface area contributed by atoms with E-state index in [0.717, 1.165) is 0 Å². The van der Waals surface area contributed by atoms with Crippen molar-refractivity contribution in [3.05, 3.63) is 119 Å². The second-order valence-electron chi connectivity index (χ2n) is 6.28. The van der Waals surface area contributed by atoms with Crippen molar-refractivity contribution in [2.45, 2.75) is 0 Å². The molecule has 0 aliphatic carbocycles. The first-order valence-corrected chi connectivity index (χ1v) is 8.88. The lowest BCUT2D eigenvalue weighted by molar-refractivity contribution is 1.65. The van der Waals surface area contributed by atoms with Gasteiger partial charge in [-0.05, 0) is 33.0 Å². The highest BCUT2D eigenvalue weighted by molar-refractivity contribution is 5.99. The summed E-state index contributed by atoms with van der Waals surface area (Å²) in [5, 5.41) is 2.55. The normalized spacial score (nSPS) is 11.5. The summed E-state index contributed by atoms with van der Waals surface area (Å²) in [5.74, 6) is 0. The highest BCUT2D eigenvalue weighted by Crippen LogP contribution is 2.26. The van der Waals surface area contributed by atoms with Crippen LogP contribution in [-0.2, 0) is 0 Å². The van der Waals surface area contributed by atoms with E-state index in [4.69, 9.17) is 0 Å². The molecule has 124 valence electrons. The van der Waals surface area contributed by atoms with Crippen molar-refractivity contribution in [2.24, 2.45) is 0 Å². The average Bonchev–Trinajstić information content (AvgIpc) is 2.72. The van der Waals surface area contributed by atoms with E-state index < -0.39 is 0 Å². The summed E-state index contributed by atoms with van der Waals surface area (Å²) in [4.78, 5) is 0. The van der Waals surface area contributed by atoms with Crippen molar-refractivity contribution in [3.63, 3.8) is 0 Å². The Bertz CT molecular complexity index is 971. The van der Waals surface area contributed by atoms with Crippen molar-refractivity contribution >= 4 is 35.1 Å². The van der Waals surface area contributed by atoms with Crippen LogP contribution in [0, 0.1) is 0 Å². The molecule has 0 aromatic heterocycles. The van der Waals surface area contributed by atoms with Gasteiger partial charge in [0.25, 0.3) is 0 Å². The van der Waals surface area contributed by atoms with Crippen LogP contribution < -0.4 is 0 Å². The minimum absolute atomic E-state index is 1.21. The second kappa shape index (κ2) is 7.67. The number of fused-ring (bicyclic) bond motifs is 1. The Morgan fingerprint density at radius 3 is 1.31 bits per heavy atom. The highest BCUT2D eigenvalue weighted by Gasteiger charge is 2.02. The molecular formula is C26H20. The van der Waals surface area contributed by atoms with Gasteiger partial charge in [0.2, 0.25) is 0 Å². The van der Waals surface area contributed by atoms with Gasteiger partial charge in [-0.25, -0.2) is 0 Å². The van der Waals surface area contributed by atoms with Gasteiger partial charge in [0.05, 0.1) is 0 Å². The number of benzene rings is 4. The molecule has 0 unspecified atom stereocenters. The van der Waals surface area contributed by atoms with Crippen molar-refractivity contribution < 1.29 is 0 Å². The molecule has 26 heavy (non-hydrogen) atoms. The van der Waals surface area contributed by atoms with E-state index in [9.17, 15) is 0 Å². The SMILES string of the molecule is C(=Cc1cccc2cccc(C=Cc3ccccc3)c12)c1ccccc1. The smallest absolute Gasteiger partial charge is 0.00389 e. The van der Waals surface area contributed by atoms with E-state index in [1.165, 1.54) is 33.0 Å². The Kier molecular flexibility index (Phi) is 4.75. The molecule has 0 aliphatic rings. The number of hydrogen-bond acceptors (Lipinski definition) is 0. The third-order valence-corrected chi connectivity index (χ3v) is 4.48. The molecule has 0 amide bonds. The van der Waals surface area contributed by atoms with Crippen LogP contribution >= 0.6 is 0 Å². The molecular weight excluding hydrogens is 312 g/mol. The van der Waals surface area contributed by atoms with Crippen LogP contribution in [0.4, 0.5) is 0 Å². The topological polar surface area (TPSA) is 0 Å². The van der Waals surface area contributed by atoms with Gasteiger partial charge in [0.1, 0.15) is 0 Å². The molecule has 0 N–H and O–H groups in total. The van der Waals surface area contributed by atoms with Gasteiger partial charge in [-0.2, -0.15) is 0 Å². The predicted molar refractivity (Wildman–Crippen MR) is 115 cm³/mol. The Hall–Kier alpha value is -3.38. The third-order valence-electron chi connectivity index (χ3n) is 4.48. The predicted octanol–water partition coefficient (Wildman–Crippen LogP) is 7.18. The first-order valence-electron chi connectivity index (χ1n) is 8.88. The fourth-order valence-corrected chi connectivity index (χ4v) is 3.18. The van der Waals surface area contributed by atoms with Gasteiger partial charge in [-0.1, -0.05) is 121 Å². The number of hydrogen-bond donors (Lipinski definition) is 0. The summed E-state index contributed by atoms with van der Waals surface area (Å²) in [7, 11) is 0. The van der Waals surface area contributed by atoms with E-state index >= 15 is 0 Å². The fraction of sp³-hybridized carbons (Fsp3) is 0. The van der Waals surface area contributed by atoms with Gasteiger partial charge >= 0.3 is 0 Å². The van der Waals surface area contributed by atoms with Crippen LogP contribution in [0.1, 0.15) is 22.3 Å². The van der Waals surface area contributed by atoms with E-state index in [1.807, 2.05) is 12.1 Å².